The van der Waals surface area contributed by atoms with E-state index in [1.807, 2.05) is 4.90 Å². The SMILES string of the molecule is CC(C)C1CCCCN1C(=O)c1ccc(C#N)cc1. The molecule has 1 heterocycles. The molecular formula is C16H20N2O. The summed E-state index contributed by atoms with van der Waals surface area (Å²) >= 11 is 0. The highest BCUT2D eigenvalue weighted by molar-refractivity contribution is 5.94. The number of nitrogens with zero attached hydrogens (tertiary/aromatic N) is 2. The smallest absolute Gasteiger partial charge is 0.254 e. The summed E-state index contributed by atoms with van der Waals surface area (Å²) in [5.41, 5.74) is 1.28. The molecule has 0 spiro atoms. The number of hydrogen-bond donors (Lipinski definition) is 0. The first-order chi connectivity index (χ1) is 9.13. The lowest BCUT2D eigenvalue weighted by Crippen LogP contribution is -2.46. The zero-order valence-corrected chi connectivity index (χ0v) is 11.6. The number of rotatable bonds is 2. The maximum Gasteiger partial charge on any atom is 0.254 e. The molecule has 1 aliphatic rings. The second kappa shape index (κ2) is 5.88. The molecule has 1 fully saturated rings. The van der Waals surface area contributed by atoms with Crippen molar-refractivity contribution in [1.82, 2.24) is 4.90 Å². The lowest BCUT2D eigenvalue weighted by molar-refractivity contribution is 0.0543. The molecule has 19 heavy (non-hydrogen) atoms. The number of likely N-dealkylation sites (tertiary alicyclic amines) is 1. The van der Waals surface area contributed by atoms with Crippen LogP contribution < -0.4 is 0 Å². The van der Waals surface area contributed by atoms with E-state index >= 15 is 0 Å². The molecule has 1 unspecified atom stereocenters. The molecular weight excluding hydrogens is 236 g/mol. The van der Waals surface area contributed by atoms with Crippen molar-refractivity contribution in [2.45, 2.75) is 39.2 Å². The summed E-state index contributed by atoms with van der Waals surface area (Å²) in [6, 6.07) is 9.35. The fourth-order valence-corrected chi connectivity index (χ4v) is 2.76. The van der Waals surface area contributed by atoms with E-state index in [4.69, 9.17) is 5.26 Å². The first-order valence-electron chi connectivity index (χ1n) is 6.94. The Labute approximate surface area is 114 Å². The third-order valence-corrected chi connectivity index (χ3v) is 3.84. The lowest BCUT2D eigenvalue weighted by atomic mass is 9.92. The van der Waals surface area contributed by atoms with Crippen LogP contribution in [0.1, 0.15) is 49.0 Å². The average molecular weight is 256 g/mol. The summed E-state index contributed by atoms with van der Waals surface area (Å²) in [5.74, 6) is 0.588. The zero-order chi connectivity index (χ0) is 13.8. The Kier molecular flexibility index (Phi) is 4.21. The predicted molar refractivity (Wildman–Crippen MR) is 74.7 cm³/mol. The van der Waals surface area contributed by atoms with Crippen molar-refractivity contribution in [3.8, 4) is 6.07 Å². The van der Waals surface area contributed by atoms with Crippen molar-refractivity contribution in [2.75, 3.05) is 6.54 Å². The highest BCUT2D eigenvalue weighted by Gasteiger charge is 2.29. The van der Waals surface area contributed by atoms with Gasteiger partial charge in [0.05, 0.1) is 11.6 Å². The fraction of sp³-hybridized carbons (Fsp3) is 0.500. The molecule has 0 aromatic heterocycles. The van der Waals surface area contributed by atoms with Gasteiger partial charge in [-0.15, -0.1) is 0 Å². The molecule has 0 aliphatic carbocycles. The molecule has 1 aromatic carbocycles. The van der Waals surface area contributed by atoms with Crippen LogP contribution in [0.25, 0.3) is 0 Å². The molecule has 3 nitrogen and oxygen atoms in total. The minimum absolute atomic E-state index is 0.0999. The number of nitriles is 1. The van der Waals surface area contributed by atoms with E-state index in [0.29, 0.717) is 23.1 Å². The van der Waals surface area contributed by atoms with E-state index in [1.165, 1.54) is 6.42 Å². The molecule has 2 rings (SSSR count). The molecule has 1 atom stereocenters. The van der Waals surface area contributed by atoms with Crippen LogP contribution in [-0.2, 0) is 0 Å². The molecule has 0 saturated carbocycles. The molecule has 0 radical (unpaired) electrons. The highest BCUT2D eigenvalue weighted by atomic mass is 16.2. The second-order valence-corrected chi connectivity index (χ2v) is 5.49. The van der Waals surface area contributed by atoms with Gasteiger partial charge in [-0.05, 0) is 49.4 Å². The normalized spacial score (nSPS) is 19.3. The van der Waals surface area contributed by atoms with Gasteiger partial charge in [0.2, 0.25) is 0 Å². The predicted octanol–water partition coefficient (Wildman–Crippen LogP) is 3.21. The van der Waals surface area contributed by atoms with Crippen molar-refractivity contribution in [3.63, 3.8) is 0 Å². The van der Waals surface area contributed by atoms with Crippen molar-refractivity contribution >= 4 is 5.91 Å². The van der Waals surface area contributed by atoms with Gasteiger partial charge in [0.1, 0.15) is 0 Å². The monoisotopic (exact) mass is 256 g/mol. The average Bonchev–Trinajstić information content (AvgIpc) is 2.46. The summed E-state index contributed by atoms with van der Waals surface area (Å²) in [4.78, 5) is 14.6. The van der Waals surface area contributed by atoms with Crippen LogP contribution in [-0.4, -0.2) is 23.4 Å². The van der Waals surface area contributed by atoms with Crippen molar-refractivity contribution in [3.05, 3.63) is 35.4 Å². The number of carbonyl (C=O) groups excluding carboxylic acids is 1. The number of amides is 1. The zero-order valence-electron chi connectivity index (χ0n) is 11.6. The molecule has 1 amide bonds. The maximum absolute atomic E-state index is 12.6. The van der Waals surface area contributed by atoms with Gasteiger partial charge in [-0.1, -0.05) is 13.8 Å². The summed E-state index contributed by atoms with van der Waals surface area (Å²) < 4.78 is 0. The van der Waals surface area contributed by atoms with E-state index in [1.54, 1.807) is 24.3 Å². The van der Waals surface area contributed by atoms with Gasteiger partial charge < -0.3 is 4.90 Å². The largest absolute Gasteiger partial charge is 0.335 e. The van der Waals surface area contributed by atoms with Crippen LogP contribution >= 0.6 is 0 Å². The van der Waals surface area contributed by atoms with Crippen molar-refractivity contribution in [2.24, 2.45) is 5.92 Å². The van der Waals surface area contributed by atoms with Gasteiger partial charge in [-0.3, -0.25) is 4.79 Å². The van der Waals surface area contributed by atoms with E-state index < -0.39 is 0 Å². The molecule has 100 valence electrons. The Morgan fingerprint density at radius 1 is 1.32 bits per heavy atom. The van der Waals surface area contributed by atoms with E-state index in [-0.39, 0.29) is 5.91 Å². The highest BCUT2D eigenvalue weighted by Crippen LogP contribution is 2.24. The van der Waals surface area contributed by atoms with Crippen LogP contribution in [0.3, 0.4) is 0 Å². The number of hydrogen-bond acceptors (Lipinski definition) is 2. The Hall–Kier alpha value is -1.82. The lowest BCUT2D eigenvalue weighted by Gasteiger charge is -2.38. The van der Waals surface area contributed by atoms with E-state index in [0.717, 1.165) is 19.4 Å². The van der Waals surface area contributed by atoms with E-state index in [9.17, 15) is 4.79 Å². The summed E-state index contributed by atoms with van der Waals surface area (Å²) in [6.07, 6.45) is 3.39. The van der Waals surface area contributed by atoms with Crippen LogP contribution in [0, 0.1) is 17.2 Å². The van der Waals surface area contributed by atoms with Gasteiger partial charge in [0, 0.05) is 18.2 Å². The molecule has 0 N–H and O–H groups in total. The fourth-order valence-electron chi connectivity index (χ4n) is 2.76. The first kappa shape index (κ1) is 13.6. The maximum atomic E-state index is 12.6. The Morgan fingerprint density at radius 3 is 2.58 bits per heavy atom. The summed E-state index contributed by atoms with van der Waals surface area (Å²) in [6.45, 7) is 5.20. The first-order valence-corrected chi connectivity index (χ1v) is 6.94. The molecule has 0 bridgehead atoms. The third-order valence-electron chi connectivity index (χ3n) is 3.84. The van der Waals surface area contributed by atoms with Crippen LogP contribution in [0.5, 0.6) is 0 Å². The number of benzene rings is 1. The summed E-state index contributed by atoms with van der Waals surface area (Å²) in [7, 11) is 0. The topological polar surface area (TPSA) is 44.1 Å². The Balaban J connectivity index is 2.19. The third kappa shape index (κ3) is 2.96. The van der Waals surface area contributed by atoms with Gasteiger partial charge in [0.15, 0.2) is 0 Å². The molecule has 1 aliphatic heterocycles. The molecule has 1 aromatic rings. The van der Waals surface area contributed by atoms with Gasteiger partial charge in [-0.2, -0.15) is 5.26 Å². The molecule has 3 heteroatoms. The number of carbonyl (C=O) groups is 1. The van der Waals surface area contributed by atoms with Crippen LogP contribution in [0.2, 0.25) is 0 Å². The quantitative estimate of drug-likeness (QED) is 0.815. The Bertz CT molecular complexity index is 484. The minimum atomic E-state index is 0.0999. The summed E-state index contributed by atoms with van der Waals surface area (Å²) in [5, 5.41) is 8.79. The van der Waals surface area contributed by atoms with E-state index in [2.05, 4.69) is 19.9 Å². The van der Waals surface area contributed by atoms with Gasteiger partial charge >= 0.3 is 0 Å². The minimum Gasteiger partial charge on any atom is -0.335 e. The van der Waals surface area contributed by atoms with Crippen molar-refractivity contribution < 1.29 is 4.79 Å². The number of piperidine rings is 1. The van der Waals surface area contributed by atoms with Gasteiger partial charge in [-0.25, -0.2) is 0 Å². The Morgan fingerprint density at radius 2 is 2.00 bits per heavy atom. The second-order valence-electron chi connectivity index (χ2n) is 5.49. The van der Waals surface area contributed by atoms with Crippen molar-refractivity contribution in [1.29, 1.82) is 5.26 Å². The van der Waals surface area contributed by atoms with Gasteiger partial charge in [0.25, 0.3) is 5.91 Å². The molecule has 1 saturated heterocycles. The van der Waals surface area contributed by atoms with Crippen LogP contribution in [0.4, 0.5) is 0 Å². The van der Waals surface area contributed by atoms with Crippen LogP contribution in [0.15, 0.2) is 24.3 Å². The standard InChI is InChI=1S/C16H20N2O/c1-12(2)15-5-3-4-10-18(15)16(19)14-8-6-13(11-17)7-9-14/h6-9,12,15H,3-5,10H2,1-2H3.